The summed E-state index contributed by atoms with van der Waals surface area (Å²) in [5, 5.41) is 0.389. The first-order chi connectivity index (χ1) is 9.42. The van der Waals surface area contributed by atoms with Crippen molar-refractivity contribution in [3.63, 3.8) is 0 Å². The molecule has 9 heteroatoms. The van der Waals surface area contributed by atoms with Gasteiger partial charge in [0.15, 0.2) is 5.13 Å². The van der Waals surface area contributed by atoms with Crippen molar-refractivity contribution in [1.29, 1.82) is 0 Å². The van der Waals surface area contributed by atoms with Gasteiger partial charge in [-0.2, -0.15) is 12.7 Å². The number of esters is 1. The fourth-order valence-corrected chi connectivity index (χ4v) is 4.03. The summed E-state index contributed by atoms with van der Waals surface area (Å²) in [6, 6.07) is 0. The molecular weight excluding hydrogens is 302 g/mol. The molecule has 20 heavy (non-hydrogen) atoms. The molecule has 0 spiro atoms. The minimum absolute atomic E-state index is 0.0161. The average molecular weight is 319 g/mol. The number of ether oxygens (including phenoxy) is 1. The number of nitrogens with zero attached hydrogens (tertiary/aromatic N) is 2. The molecule has 0 fully saturated rings. The summed E-state index contributed by atoms with van der Waals surface area (Å²) >= 11 is 1.38. The van der Waals surface area contributed by atoms with Crippen molar-refractivity contribution in [2.24, 2.45) is 0 Å². The predicted molar refractivity (Wildman–Crippen MR) is 75.9 cm³/mol. The van der Waals surface area contributed by atoms with Crippen molar-refractivity contribution in [2.45, 2.75) is 25.7 Å². The predicted octanol–water partition coefficient (Wildman–Crippen LogP) is 0.783. The van der Waals surface area contributed by atoms with Gasteiger partial charge in [-0.25, -0.2) is 9.71 Å². The molecule has 0 atom stereocenters. The zero-order chi connectivity index (χ0) is 14.8. The zero-order valence-corrected chi connectivity index (χ0v) is 13.0. The Hall–Kier alpha value is -1.19. The second kappa shape index (κ2) is 6.06. The molecule has 112 valence electrons. The number of aromatic nitrogens is 1. The lowest BCUT2D eigenvalue weighted by Crippen LogP contribution is -2.34. The Morgan fingerprint density at radius 1 is 1.50 bits per heavy atom. The highest BCUT2D eigenvalue weighted by molar-refractivity contribution is 7.90. The molecule has 0 amide bonds. The van der Waals surface area contributed by atoms with E-state index in [-0.39, 0.29) is 13.0 Å². The molecule has 0 radical (unpaired) electrons. The van der Waals surface area contributed by atoms with Gasteiger partial charge in [0.1, 0.15) is 0 Å². The number of rotatable bonds is 6. The Balaban J connectivity index is 1.97. The normalized spacial score (nSPS) is 14.3. The van der Waals surface area contributed by atoms with Crippen molar-refractivity contribution in [3.05, 3.63) is 10.6 Å². The highest BCUT2D eigenvalue weighted by Crippen LogP contribution is 2.30. The van der Waals surface area contributed by atoms with E-state index in [1.165, 1.54) is 25.5 Å². The smallest absolute Gasteiger partial charge is 0.306 e. The topological polar surface area (TPSA) is 88.6 Å². The van der Waals surface area contributed by atoms with E-state index in [0.717, 1.165) is 34.1 Å². The van der Waals surface area contributed by atoms with Crippen molar-refractivity contribution in [1.82, 2.24) is 9.29 Å². The summed E-state index contributed by atoms with van der Waals surface area (Å²) in [5.74, 6) is -0.444. The third kappa shape index (κ3) is 3.47. The number of hydrogen-bond donors (Lipinski definition) is 1. The van der Waals surface area contributed by atoms with Crippen LogP contribution in [0, 0.1) is 0 Å². The van der Waals surface area contributed by atoms with Gasteiger partial charge in [-0.15, -0.1) is 11.3 Å². The Morgan fingerprint density at radius 2 is 2.25 bits per heavy atom. The molecule has 1 aliphatic rings. The van der Waals surface area contributed by atoms with Crippen LogP contribution in [0.25, 0.3) is 0 Å². The van der Waals surface area contributed by atoms with Gasteiger partial charge in [0.05, 0.1) is 19.2 Å². The van der Waals surface area contributed by atoms with Gasteiger partial charge in [-0.05, 0) is 19.3 Å². The van der Waals surface area contributed by atoms with Crippen LogP contribution in [0.3, 0.4) is 0 Å². The van der Waals surface area contributed by atoms with E-state index in [1.54, 1.807) is 0 Å². The maximum atomic E-state index is 12.1. The highest BCUT2D eigenvalue weighted by Gasteiger charge is 2.23. The van der Waals surface area contributed by atoms with Gasteiger partial charge in [-0.3, -0.25) is 4.79 Å². The van der Waals surface area contributed by atoms with E-state index in [9.17, 15) is 13.2 Å². The van der Waals surface area contributed by atoms with Crippen molar-refractivity contribution in [3.8, 4) is 0 Å². The first kappa shape index (κ1) is 15.2. The third-order valence-electron chi connectivity index (χ3n) is 3.08. The van der Waals surface area contributed by atoms with Crippen LogP contribution < -0.4 is 4.72 Å². The van der Waals surface area contributed by atoms with Gasteiger partial charge in [0.25, 0.3) is 0 Å². The number of anilines is 1. The number of thiazole rings is 1. The number of nitrogens with one attached hydrogen (secondary N) is 1. The Labute approximate surface area is 122 Å². The van der Waals surface area contributed by atoms with Crippen LogP contribution in [0.5, 0.6) is 0 Å². The Kier molecular flexibility index (Phi) is 4.61. The lowest BCUT2D eigenvalue weighted by Gasteiger charge is -2.16. The standard InChI is InChI=1S/C11H17N3O4S2/c1-14(7-6-10(15)18-2)20(16,17)13-11-12-8-4-3-5-9(8)19-11/h3-7H2,1-2H3,(H,12,13). The van der Waals surface area contributed by atoms with Gasteiger partial charge < -0.3 is 4.74 Å². The van der Waals surface area contributed by atoms with E-state index in [0.29, 0.717) is 5.13 Å². The second-order valence-electron chi connectivity index (χ2n) is 4.50. The van der Waals surface area contributed by atoms with Crippen LogP contribution in [0.1, 0.15) is 23.4 Å². The minimum Gasteiger partial charge on any atom is -0.469 e. The Bertz CT molecular complexity index is 575. The molecule has 7 nitrogen and oxygen atoms in total. The summed E-state index contributed by atoms with van der Waals surface area (Å²) in [4.78, 5) is 16.5. The lowest BCUT2D eigenvalue weighted by atomic mass is 10.4. The van der Waals surface area contributed by atoms with Crippen molar-refractivity contribution >= 4 is 32.6 Å². The average Bonchev–Trinajstić information content (AvgIpc) is 2.95. The summed E-state index contributed by atoms with van der Waals surface area (Å²) in [6.07, 6.45) is 2.97. The Morgan fingerprint density at radius 3 is 2.90 bits per heavy atom. The molecule has 1 N–H and O–H groups in total. The molecule has 0 unspecified atom stereocenters. The number of methoxy groups -OCH3 is 1. The summed E-state index contributed by atoms with van der Waals surface area (Å²) in [6.45, 7) is 0.0626. The molecule has 0 saturated carbocycles. The first-order valence-electron chi connectivity index (χ1n) is 6.22. The van der Waals surface area contributed by atoms with Crippen molar-refractivity contribution < 1.29 is 17.9 Å². The number of aryl methyl sites for hydroxylation is 2. The molecule has 1 heterocycles. The van der Waals surface area contributed by atoms with Crippen LogP contribution in [0.4, 0.5) is 5.13 Å². The van der Waals surface area contributed by atoms with Crippen LogP contribution in [-0.4, -0.2) is 44.4 Å². The van der Waals surface area contributed by atoms with Gasteiger partial charge in [0.2, 0.25) is 0 Å². The number of hydrogen-bond acceptors (Lipinski definition) is 6. The number of carbonyl (C=O) groups is 1. The number of carbonyl (C=O) groups excluding carboxylic acids is 1. The van der Waals surface area contributed by atoms with E-state index in [2.05, 4.69) is 14.4 Å². The minimum atomic E-state index is -3.68. The SMILES string of the molecule is COC(=O)CCN(C)S(=O)(=O)Nc1nc2c(s1)CCC2. The molecule has 1 aromatic rings. The molecule has 1 aromatic heterocycles. The third-order valence-corrected chi connectivity index (χ3v) is 5.74. The molecule has 0 bridgehead atoms. The molecule has 0 aliphatic heterocycles. The summed E-state index contributed by atoms with van der Waals surface area (Å²) in [5.41, 5.74) is 0.991. The summed E-state index contributed by atoms with van der Waals surface area (Å²) in [7, 11) is -1.00. The van der Waals surface area contributed by atoms with Gasteiger partial charge in [-0.1, -0.05) is 0 Å². The fraction of sp³-hybridized carbons (Fsp3) is 0.636. The van der Waals surface area contributed by atoms with Gasteiger partial charge in [0, 0.05) is 18.5 Å². The largest absolute Gasteiger partial charge is 0.469 e. The molecular formula is C11H17N3O4S2. The highest BCUT2D eigenvalue weighted by atomic mass is 32.2. The second-order valence-corrected chi connectivity index (χ2v) is 7.36. The maximum absolute atomic E-state index is 12.1. The molecule has 0 saturated heterocycles. The summed E-state index contributed by atoms with van der Waals surface area (Å²) < 4.78 is 32.1. The van der Waals surface area contributed by atoms with E-state index < -0.39 is 16.2 Å². The first-order valence-corrected chi connectivity index (χ1v) is 8.47. The molecule has 0 aromatic carbocycles. The van der Waals surface area contributed by atoms with Gasteiger partial charge >= 0.3 is 16.2 Å². The molecule has 1 aliphatic carbocycles. The van der Waals surface area contributed by atoms with Crippen LogP contribution in [0.15, 0.2) is 0 Å². The van der Waals surface area contributed by atoms with E-state index in [4.69, 9.17) is 0 Å². The van der Waals surface area contributed by atoms with Crippen LogP contribution in [-0.2, 0) is 32.6 Å². The number of fused-ring (bicyclic) bond motifs is 1. The van der Waals surface area contributed by atoms with Crippen LogP contribution >= 0.6 is 11.3 Å². The zero-order valence-electron chi connectivity index (χ0n) is 11.4. The quantitative estimate of drug-likeness (QED) is 0.783. The van der Waals surface area contributed by atoms with Crippen LogP contribution in [0.2, 0.25) is 0 Å². The van der Waals surface area contributed by atoms with E-state index in [1.807, 2.05) is 0 Å². The van der Waals surface area contributed by atoms with Crippen molar-refractivity contribution in [2.75, 3.05) is 25.4 Å². The monoisotopic (exact) mass is 319 g/mol. The fourth-order valence-electron chi connectivity index (χ4n) is 1.89. The molecule has 2 rings (SSSR count). The maximum Gasteiger partial charge on any atom is 0.306 e. The lowest BCUT2D eigenvalue weighted by molar-refractivity contribution is -0.140. The van der Waals surface area contributed by atoms with E-state index >= 15 is 0 Å².